The average Bonchev–Trinajstić information content (AvgIpc) is 3.21. The molecule has 0 saturated carbocycles. The quantitative estimate of drug-likeness (QED) is 0.0265. The fraction of sp³-hybridized carbons (Fsp3) is 0.745. The maximum absolute atomic E-state index is 12.7. The number of unbranched alkanes of at least 4 members (excludes halogenated alkanes) is 21. The number of esters is 3. The van der Waals surface area contributed by atoms with Gasteiger partial charge in [0.05, 0.1) is 0 Å². The van der Waals surface area contributed by atoms with Gasteiger partial charge in [-0.05, 0) is 64.2 Å². The van der Waals surface area contributed by atoms with Crippen molar-refractivity contribution in [3.63, 3.8) is 0 Å². The normalized spacial score (nSPS) is 12.5. The van der Waals surface area contributed by atoms with Crippen molar-refractivity contribution in [2.75, 3.05) is 13.2 Å². The third kappa shape index (κ3) is 44.1. The molecule has 0 aromatic rings. The second kappa shape index (κ2) is 45.8. The molecule has 0 aromatic carbocycles. The zero-order valence-corrected chi connectivity index (χ0v) is 37.3. The van der Waals surface area contributed by atoms with Gasteiger partial charge in [-0.25, -0.2) is 0 Å². The van der Waals surface area contributed by atoms with E-state index in [1.807, 2.05) is 12.2 Å². The van der Waals surface area contributed by atoms with Gasteiger partial charge in [0.2, 0.25) is 0 Å². The monoisotopic (exact) mass is 797 g/mol. The fourth-order valence-electron chi connectivity index (χ4n) is 6.44. The van der Waals surface area contributed by atoms with Crippen LogP contribution in [0.2, 0.25) is 0 Å². The molecule has 57 heavy (non-hydrogen) atoms. The summed E-state index contributed by atoms with van der Waals surface area (Å²) in [4.78, 5) is 37.7. The first-order valence-electron chi connectivity index (χ1n) is 23.8. The molecule has 0 aliphatic heterocycles. The molecule has 1 atom stereocenters. The van der Waals surface area contributed by atoms with Crippen molar-refractivity contribution >= 4 is 17.9 Å². The zero-order chi connectivity index (χ0) is 41.5. The molecule has 0 fully saturated rings. The summed E-state index contributed by atoms with van der Waals surface area (Å²) in [5.41, 5.74) is 0. The Hall–Kier alpha value is -2.89. The SMILES string of the molecule is CC/C=C\C/C=C\C/C=C\C/C=C\CCC(=O)OC(COC(=O)CCCCCCC/C=C\CCCC)COC(=O)CCCCCCCCCCCCCCCCC. The smallest absolute Gasteiger partial charge is 0.306 e. The van der Waals surface area contributed by atoms with E-state index in [-0.39, 0.29) is 31.6 Å². The van der Waals surface area contributed by atoms with E-state index in [4.69, 9.17) is 14.2 Å². The molecule has 0 aliphatic rings. The van der Waals surface area contributed by atoms with Crippen LogP contribution in [0.25, 0.3) is 0 Å². The van der Waals surface area contributed by atoms with E-state index in [1.165, 1.54) is 103 Å². The third-order valence-corrected chi connectivity index (χ3v) is 10.0. The second-order valence-corrected chi connectivity index (χ2v) is 15.6. The van der Waals surface area contributed by atoms with Crippen LogP contribution in [0.5, 0.6) is 0 Å². The third-order valence-electron chi connectivity index (χ3n) is 10.0. The van der Waals surface area contributed by atoms with Gasteiger partial charge in [0.1, 0.15) is 13.2 Å². The summed E-state index contributed by atoms with van der Waals surface area (Å²) >= 11 is 0. The lowest BCUT2D eigenvalue weighted by atomic mass is 10.0. The predicted octanol–water partition coefficient (Wildman–Crippen LogP) is 15.3. The number of allylic oxidation sites excluding steroid dienone is 10. The first-order chi connectivity index (χ1) is 28.0. The van der Waals surface area contributed by atoms with Gasteiger partial charge in [-0.3, -0.25) is 14.4 Å². The van der Waals surface area contributed by atoms with E-state index in [9.17, 15) is 14.4 Å². The first kappa shape index (κ1) is 54.1. The number of hydrogen-bond donors (Lipinski definition) is 0. The van der Waals surface area contributed by atoms with Crippen molar-refractivity contribution < 1.29 is 28.6 Å². The Balaban J connectivity index is 4.45. The van der Waals surface area contributed by atoms with Gasteiger partial charge in [0, 0.05) is 19.3 Å². The summed E-state index contributed by atoms with van der Waals surface area (Å²) < 4.78 is 16.6. The van der Waals surface area contributed by atoms with Gasteiger partial charge in [0.15, 0.2) is 6.10 Å². The van der Waals surface area contributed by atoms with E-state index in [2.05, 4.69) is 69.4 Å². The van der Waals surface area contributed by atoms with E-state index in [0.717, 1.165) is 77.0 Å². The Kier molecular flexibility index (Phi) is 43.5. The standard InChI is InChI=1S/C51H88O6/c1-4-7-10-13-16-19-22-24-25-27-29-32-35-38-41-44-50(53)56-47-48(46-55-49(52)43-40-37-34-31-28-21-18-15-12-9-6-3)57-51(54)45-42-39-36-33-30-26-23-20-17-14-11-8-5-2/h8,11,15,17-18,20,26,30,36,39,48H,4-7,9-10,12-14,16,19,21-25,27-29,31-35,37-38,40-47H2,1-3H3/b11-8-,18-15-,20-17-,30-26-,39-36-. The zero-order valence-electron chi connectivity index (χ0n) is 37.3. The molecule has 6 heteroatoms. The molecule has 0 N–H and O–H groups in total. The van der Waals surface area contributed by atoms with Crippen LogP contribution < -0.4 is 0 Å². The highest BCUT2D eigenvalue weighted by molar-refractivity contribution is 5.71. The van der Waals surface area contributed by atoms with Crippen LogP contribution in [-0.4, -0.2) is 37.2 Å². The largest absolute Gasteiger partial charge is 0.462 e. The molecule has 0 amide bonds. The Morgan fingerprint density at radius 1 is 0.368 bits per heavy atom. The molecule has 0 rings (SSSR count). The predicted molar refractivity (Wildman–Crippen MR) is 242 cm³/mol. The Bertz CT molecular complexity index is 1050. The highest BCUT2D eigenvalue weighted by Gasteiger charge is 2.19. The molecule has 0 aromatic heterocycles. The van der Waals surface area contributed by atoms with Crippen molar-refractivity contribution in [2.24, 2.45) is 0 Å². The number of hydrogen-bond acceptors (Lipinski definition) is 6. The summed E-state index contributed by atoms with van der Waals surface area (Å²) in [6.45, 7) is 6.41. The molecular weight excluding hydrogens is 709 g/mol. The molecule has 0 heterocycles. The highest BCUT2D eigenvalue weighted by atomic mass is 16.6. The van der Waals surface area contributed by atoms with Gasteiger partial charge < -0.3 is 14.2 Å². The number of carbonyl (C=O) groups excluding carboxylic acids is 3. The summed E-state index contributed by atoms with van der Waals surface area (Å²) in [5, 5.41) is 0. The molecule has 0 bridgehead atoms. The highest BCUT2D eigenvalue weighted by Crippen LogP contribution is 2.15. The molecule has 6 nitrogen and oxygen atoms in total. The van der Waals surface area contributed by atoms with Gasteiger partial charge in [-0.1, -0.05) is 204 Å². The van der Waals surface area contributed by atoms with Crippen LogP contribution in [0.1, 0.15) is 226 Å². The molecular formula is C51H88O6. The van der Waals surface area contributed by atoms with Crippen LogP contribution in [0.4, 0.5) is 0 Å². The van der Waals surface area contributed by atoms with Crippen LogP contribution in [-0.2, 0) is 28.6 Å². The van der Waals surface area contributed by atoms with Crippen molar-refractivity contribution in [2.45, 2.75) is 232 Å². The maximum atomic E-state index is 12.7. The van der Waals surface area contributed by atoms with E-state index in [0.29, 0.717) is 19.3 Å². The summed E-state index contributed by atoms with van der Waals surface area (Å²) in [6, 6.07) is 0. The fourth-order valence-corrected chi connectivity index (χ4v) is 6.44. The Labute approximate surface area is 351 Å². The van der Waals surface area contributed by atoms with Crippen molar-refractivity contribution in [1.29, 1.82) is 0 Å². The average molecular weight is 797 g/mol. The van der Waals surface area contributed by atoms with E-state index >= 15 is 0 Å². The molecule has 0 aliphatic carbocycles. The van der Waals surface area contributed by atoms with Crippen LogP contribution >= 0.6 is 0 Å². The van der Waals surface area contributed by atoms with Gasteiger partial charge >= 0.3 is 17.9 Å². The lowest BCUT2D eigenvalue weighted by Crippen LogP contribution is -2.30. The topological polar surface area (TPSA) is 78.9 Å². The minimum absolute atomic E-state index is 0.104. The maximum Gasteiger partial charge on any atom is 0.306 e. The number of ether oxygens (including phenoxy) is 3. The lowest BCUT2D eigenvalue weighted by Gasteiger charge is -2.18. The minimum Gasteiger partial charge on any atom is -0.462 e. The minimum atomic E-state index is -0.811. The number of carbonyl (C=O) groups is 3. The Morgan fingerprint density at radius 2 is 0.737 bits per heavy atom. The number of rotatable bonds is 42. The van der Waals surface area contributed by atoms with Crippen molar-refractivity contribution in [3.8, 4) is 0 Å². The van der Waals surface area contributed by atoms with Crippen LogP contribution in [0.15, 0.2) is 60.8 Å². The van der Waals surface area contributed by atoms with Crippen LogP contribution in [0, 0.1) is 0 Å². The van der Waals surface area contributed by atoms with E-state index < -0.39 is 12.1 Å². The summed E-state index contributed by atoms with van der Waals surface area (Å²) in [6.07, 6.45) is 55.0. The summed E-state index contributed by atoms with van der Waals surface area (Å²) in [7, 11) is 0. The van der Waals surface area contributed by atoms with Crippen molar-refractivity contribution in [1.82, 2.24) is 0 Å². The molecule has 0 saturated heterocycles. The van der Waals surface area contributed by atoms with Gasteiger partial charge in [0.25, 0.3) is 0 Å². The van der Waals surface area contributed by atoms with Crippen molar-refractivity contribution in [3.05, 3.63) is 60.8 Å². The molecule has 0 spiro atoms. The first-order valence-corrected chi connectivity index (χ1v) is 23.8. The molecule has 1 unspecified atom stereocenters. The second-order valence-electron chi connectivity index (χ2n) is 15.6. The summed E-state index contributed by atoms with van der Waals surface area (Å²) in [5.74, 6) is -0.996. The molecule has 0 radical (unpaired) electrons. The molecule has 328 valence electrons. The van der Waals surface area contributed by atoms with Crippen LogP contribution in [0.3, 0.4) is 0 Å². The van der Waals surface area contributed by atoms with Gasteiger partial charge in [-0.2, -0.15) is 0 Å². The van der Waals surface area contributed by atoms with E-state index in [1.54, 1.807) is 0 Å². The lowest BCUT2D eigenvalue weighted by molar-refractivity contribution is -0.166. The Morgan fingerprint density at radius 3 is 1.19 bits per heavy atom. The van der Waals surface area contributed by atoms with Gasteiger partial charge in [-0.15, -0.1) is 0 Å².